The van der Waals surface area contributed by atoms with Gasteiger partial charge in [-0.1, -0.05) is 13.3 Å². The van der Waals surface area contributed by atoms with Crippen molar-refractivity contribution in [3.8, 4) is 0 Å². The Kier molecular flexibility index (Phi) is 3.73. The lowest BCUT2D eigenvalue weighted by atomic mass is 9.67. The molecule has 0 aromatic carbocycles. The van der Waals surface area contributed by atoms with E-state index in [1.54, 1.807) is 0 Å². The first kappa shape index (κ1) is 12.8. The first-order chi connectivity index (χ1) is 8.08. The Morgan fingerprint density at radius 2 is 2.12 bits per heavy atom. The lowest BCUT2D eigenvalue weighted by molar-refractivity contribution is -0.136. The average molecular weight is 240 g/mol. The maximum absolute atomic E-state index is 11.7. The van der Waals surface area contributed by atoms with Crippen molar-refractivity contribution in [2.45, 2.75) is 45.1 Å². The molecule has 1 aliphatic heterocycles. The second-order valence-electron chi connectivity index (χ2n) is 5.83. The standard InChI is InChI=1S/C13H24N2O2/c1-3-13(5-4-6-13)10-15-11(16)7-17-12(2)8-14-9-12/h14H,3-10H2,1-2H3,(H,15,16). The molecule has 98 valence electrons. The quantitative estimate of drug-likeness (QED) is 0.730. The summed E-state index contributed by atoms with van der Waals surface area (Å²) in [5.41, 5.74) is 0.258. The van der Waals surface area contributed by atoms with E-state index in [9.17, 15) is 4.79 Å². The molecule has 0 aromatic rings. The van der Waals surface area contributed by atoms with Crippen LogP contribution in [0.3, 0.4) is 0 Å². The summed E-state index contributed by atoms with van der Waals surface area (Å²) in [6, 6.07) is 0. The second kappa shape index (κ2) is 4.94. The van der Waals surface area contributed by atoms with Crippen molar-refractivity contribution in [3.63, 3.8) is 0 Å². The first-order valence-electron chi connectivity index (χ1n) is 6.69. The monoisotopic (exact) mass is 240 g/mol. The van der Waals surface area contributed by atoms with Gasteiger partial charge in [0.15, 0.2) is 0 Å². The minimum Gasteiger partial charge on any atom is -0.363 e. The van der Waals surface area contributed by atoms with Gasteiger partial charge in [0, 0.05) is 19.6 Å². The van der Waals surface area contributed by atoms with E-state index in [4.69, 9.17) is 4.74 Å². The van der Waals surface area contributed by atoms with Crippen LogP contribution in [-0.2, 0) is 9.53 Å². The highest BCUT2D eigenvalue weighted by Crippen LogP contribution is 2.42. The number of amides is 1. The fourth-order valence-corrected chi connectivity index (χ4v) is 2.49. The van der Waals surface area contributed by atoms with Gasteiger partial charge in [-0.2, -0.15) is 0 Å². The summed E-state index contributed by atoms with van der Waals surface area (Å²) >= 11 is 0. The molecule has 0 bridgehead atoms. The Hall–Kier alpha value is -0.610. The van der Waals surface area contributed by atoms with Crippen molar-refractivity contribution >= 4 is 5.91 Å². The highest BCUT2D eigenvalue weighted by molar-refractivity contribution is 5.77. The third kappa shape index (κ3) is 2.99. The fourth-order valence-electron chi connectivity index (χ4n) is 2.49. The van der Waals surface area contributed by atoms with Crippen molar-refractivity contribution in [3.05, 3.63) is 0 Å². The van der Waals surface area contributed by atoms with E-state index in [-0.39, 0.29) is 18.1 Å². The second-order valence-corrected chi connectivity index (χ2v) is 5.83. The Morgan fingerprint density at radius 3 is 2.53 bits per heavy atom. The third-order valence-electron chi connectivity index (χ3n) is 4.37. The number of ether oxygens (including phenoxy) is 1. The summed E-state index contributed by atoms with van der Waals surface area (Å²) in [6.45, 7) is 6.95. The van der Waals surface area contributed by atoms with Crippen LogP contribution in [0.4, 0.5) is 0 Å². The average Bonchev–Trinajstić information content (AvgIpc) is 2.23. The number of rotatable bonds is 6. The van der Waals surface area contributed by atoms with Crippen molar-refractivity contribution < 1.29 is 9.53 Å². The molecule has 1 aliphatic carbocycles. The van der Waals surface area contributed by atoms with Gasteiger partial charge in [0.2, 0.25) is 5.91 Å². The van der Waals surface area contributed by atoms with E-state index in [1.165, 1.54) is 19.3 Å². The van der Waals surface area contributed by atoms with E-state index in [0.29, 0.717) is 5.41 Å². The van der Waals surface area contributed by atoms with Gasteiger partial charge in [0.25, 0.3) is 0 Å². The topological polar surface area (TPSA) is 50.4 Å². The molecule has 4 nitrogen and oxygen atoms in total. The number of carbonyl (C=O) groups excluding carboxylic acids is 1. The van der Waals surface area contributed by atoms with Crippen LogP contribution in [0.1, 0.15) is 39.5 Å². The third-order valence-corrected chi connectivity index (χ3v) is 4.37. The van der Waals surface area contributed by atoms with Gasteiger partial charge in [-0.3, -0.25) is 4.79 Å². The van der Waals surface area contributed by atoms with Gasteiger partial charge in [-0.15, -0.1) is 0 Å². The molecule has 0 unspecified atom stereocenters. The molecule has 0 radical (unpaired) electrons. The summed E-state index contributed by atoms with van der Waals surface area (Å²) in [5, 5.41) is 6.17. The van der Waals surface area contributed by atoms with Crippen molar-refractivity contribution in [1.29, 1.82) is 0 Å². The zero-order chi connectivity index (χ0) is 12.4. The van der Waals surface area contributed by atoms with Crippen LogP contribution in [0, 0.1) is 5.41 Å². The molecule has 1 heterocycles. The summed E-state index contributed by atoms with van der Waals surface area (Å²) in [7, 11) is 0. The van der Waals surface area contributed by atoms with Crippen LogP contribution in [-0.4, -0.2) is 37.7 Å². The molecule has 0 atom stereocenters. The smallest absolute Gasteiger partial charge is 0.246 e. The fraction of sp³-hybridized carbons (Fsp3) is 0.923. The lowest BCUT2D eigenvalue weighted by Gasteiger charge is -2.41. The van der Waals surface area contributed by atoms with Crippen molar-refractivity contribution in [2.24, 2.45) is 5.41 Å². The minimum absolute atomic E-state index is 0.0258. The molecule has 17 heavy (non-hydrogen) atoms. The zero-order valence-electron chi connectivity index (χ0n) is 11.0. The molecule has 2 rings (SSSR count). The Bertz CT molecular complexity index is 278. The maximum Gasteiger partial charge on any atom is 0.246 e. The molecular weight excluding hydrogens is 216 g/mol. The van der Waals surface area contributed by atoms with E-state index >= 15 is 0 Å². The molecule has 1 amide bonds. The van der Waals surface area contributed by atoms with Gasteiger partial charge in [-0.25, -0.2) is 0 Å². The SMILES string of the molecule is CCC1(CNC(=O)COC2(C)CNC2)CCC1. The molecule has 2 aliphatic rings. The number of nitrogens with one attached hydrogen (secondary N) is 2. The molecule has 1 saturated carbocycles. The van der Waals surface area contributed by atoms with Gasteiger partial charge >= 0.3 is 0 Å². The largest absolute Gasteiger partial charge is 0.363 e. The first-order valence-corrected chi connectivity index (χ1v) is 6.69. The molecule has 2 N–H and O–H groups in total. The molecule has 0 spiro atoms. The van der Waals surface area contributed by atoms with Gasteiger partial charge < -0.3 is 15.4 Å². The Balaban J connectivity index is 1.63. The summed E-state index contributed by atoms with van der Waals surface area (Å²) in [6.07, 6.45) is 4.98. The van der Waals surface area contributed by atoms with Crippen LogP contribution in [0.25, 0.3) is 0 Å². The molecule has 2 fully saturated rings. The number of hydrogen-bond donors (Lipinski definition) is 2. The maximum atomic E-state index is 11.7. The number of carbonyl (C=O) groups is 1. The highest BCUT2D eigenvalue weighted by Gasteiger charge is 2.36. The van der Waals surface area contributed by atoms with Crippen LogP contribution in [0.5, 0.6) is 0 Å². The lowest BCUT2D eigenvalue weighted by Crippen LogP contribution is -2.59. The molecular formula is C13H24N2O2. The number of hydrogen-bond acceptors (Lipinski definition) is 3. The summed E-state index contributed by atoms with van der Waals surface area (Å²) in [5.74, 6) is 0.0258. The Morgan fingerprint density at radius 1 is 1.41 bits per heavy atom. The van der Waals surface area contributed by atoms with Crippen LogP contribution >= 0.6 is 0 Å². The highest BCUT2D eigenvalue weighted by atomic mass is 16.5. The van der Waals surface area contributed by atoms with Gasteiger partial charge in [0.1, 0.15) is 6.61 Å². The van der Waals surface area contributed by atoms with Gasteiger partial charge in [0.05, 0.1) is 5.60 Å². The molecule has 1 saturated heterocycles. The minimum atomic E-state index is -0.129. The molecule has 4 heteroatoms. The molecule has 0 aromatic heterocycles. The van der Waals surface area contributed by atoms with E-state index in [0.717, 1.165) is 26.1 Å². The van der Waals surface area contributed by atoms with E-state index in [2.05, 4.69) is 17.6 Å². The van der Waals surface area contributed by atoms with E-state index in [1.807, 2.05) is 6.92 Å². The predicted octanol–water partition coefficient (Wildman–Crippen LogP) is 1.06. The van der Waals surface area contributed by atoms with Gasteiger partial charge in [-0.05, 0) is 31.6 Å². The normalized spacial score (nSPS) is 24.6. The predicted molar refractivity (Wildman–Crippen MR) is 66.8 cm³/mol. The van der Waals surface area contributed by atoms with Crippen molar-refractivity contribution in [2.75, 3.05) is 26.2 Å². The summed E-state index contributed by atoms with van der Waals surface area (Å²) in [4.78, 5) is 11.7. The summed E-state index contributed by atoms with van der Waals surface area (Å²) < 4.78 is 5.60. The Labute approximate surface area is 103 Å². The van der Waals surface area contributed by atoms with Crippen LogP contribution < -0.4 is 10.6 Å². The van der Waals surface area contributed by atoms with Crippen LogP contribution in [0.2, 0.25) is 0 Å². The van der Waals surface area contributed by atoms with E-state index < -0.39 is 0 Å². The zero-order valence-corrected chi connectivity index (χ0v) is 11.0. The van der Waals surface area contributed by atoms with Crippen molar-refractivity contribution in [1.82, 2.24) is 10.6 Å². The van der Waals surface area contributed by atoms with Crippen LogP contribution in [0.15, 0.2) is 0 Å².